The Labute approximate surface area is 188 Å². The summed E-state index contributed by atoms with van der Waals surface area (Å²) in [5.74, 6) is -1.64. The van der Waals surface area contributed by atoms with Crippen molar-refractivity contribution in [2.75, 3.05) is 19.6 Å². The Balaban J connectivity index is 1.86. The van der Waals surface area contributed by atoms with Crippen LogP contribution >= 0.6 is 0 Å². The fourth-order valence-corrected chi connectivity index (χ4v) is 5.31. The smallest absolute Gasteiger partial charge is 0.269 e. The molecule has 1 aliphatic heterocycles. The Kier molecular flexibility index (Phi) is 7.29. The van der Waals surface area contributed by atoms with Crippen LogP contribution in [0.2, 0.25) is 0 Å². The molecule has 9 heteroatoms. The summed E-state index contributed by atoms with van der Waals surface area (Å²) in [6, 6.07) is 14.6. The van der Waals surface area contributed by atoms with Crippen molar-refractivity contribution in [3.8, 4) is 0 Å². The predicted molar refractivity (Wildman–Crippen MR) is 119 cm³/mol. The second-order valence-corrected chi connectivity index (χ2v) is 9.29. The largest absolute Gasteiger partial charge is 0.355 e. The molecule has 3 rings (SSSR count). The van der Waals surface area contributed by atoms with Crippen molar-refractivity contribution in [1.29, 1.82) is 0 Å². The third-order valence-corrected chi connectivity index (χ3v) is 7.20. The molecule has 8 nitrogen and oxygen atoms in total. The molecule has 0 bridgehead atoms. The lowest BCUT2D eigenvalue weighted by Crippen LogP contribution is -2.53. The molecule has 0 saturated carbocycles. The van der Waals surface area contributed by atoms with E-state index in [0.717, 1.165) is 5.56 Å². The van der Waals surface area contributed by atoms with Crippen molar-refractivity contribution in [2.45, 2.75) is 37.6 Å². The molecule has 3 amide bonds. The molecule has 2 aromatic rings. The van der Waals surface area contributed by atoms with Crippen LogP contribution in [0.3, 0.4) is 0 Å². The number of sulfonamides is 1. The molecule has 0 aromatic heterocycles. The van der Waals surface area contributed by atoms with Gasteiger partial charge in [-0.25, -0.2) is 12.7 Å². The molecule has 0 saturated heterocycles. The van der Waals surface area contributed by atoms with Crippen LogP contribution in [0.1, 0.15) is 36.2 Å². The van der Waals surface area contributed by atoms with E-state index < -0.39 is 34.4 Å². The summed E-state index contributed by atoms with van der Waals surface area (Å²) in [7, 11) is -4.12. The van der Waals surface area contributed by atoms with Gasteiger partial charge in [0.1, 0.15) is 17.5 Å². The van der Waals surface area contributed by atoms with E-state index in [9.17, 15) is 22.8 Å². The van der Waals surface area contributed by atoms with Crippen molar-refractivity contribution >= 4 is 27.7 Å². The fraction of sp³-hybridized carbons (Fsp3) is 0.348. The number of hydrogen-bond acceptors (Lipinski definition) is 5. The molecule has 170 valence electrons. The first-order valence-corrected chi connectivity index (χ1v) is 12.0. The Morgan fingerprint density at radius 3 is 2.31 bits per heavy atom. The second kappa shape index (κ2) is 9.95. The highest BCUT2D eigenvalue weighted by atomic mass is 32.2. The molecule has 1 heterocycles. The standard InChI is InChI=1S/C23H27N3O5S/c1-3-19(22(28)24-4-2)25(15-14-17-10-6-5-7-11-17)21(27)16-26-23(29)18-12-8-9-13-20(18)32(26,30)31/h5-13,19H,3-4,14-16H2,1-2H3,(H,24,28)/t19-/m1/s1. The van der Waals surface area contributed by atoms with Gasteiger partial charge in [0.15, 0.2) is 0 Å². The lowest BCUT2D eigenvalue weighted by Gasteiger charge is -2.31. The molecule has 0 radical (unpaired) electrons. The van der Waals surface area contributed by atoms with Gasteiger partial charge in [0, 0.05) is 13.1 Å². The molecule has 1 N–H and O–H groups in total. The number of likely N-dealkylation sites (N-methyl/N-ethyl adjacent to an activating group) is 1. The zero-order valence-corrected chi connectivity index (χ0v) is 19.0. The second-order valence-electron chi connectivity index (χ2n) is 7.45. The molecular formula is C23H27N3O5S. The number of nitrogens with one attached hydrogen (secondary N) is 1. The van der Waals surface area contributed by atoms with Crippen LogP contribution in [0.25, 0.3) is 0 Å². The van der Waals surface area contributed by atoms with Gasteiger partial charge in [0.25, 0.3) is 15.9 Å². The summed E-state index contributed by atoms with van der Waals surface area (Å²) in [6.07, 6.45) is 0.844. The first-order chi connectivity index (χ1) is 15.3. The Hall–Kier alpha value is -3.20. The van der Waals surface area contributed by atoms with Gasteiger partial charge in [-0.15, -0.1) is 0 Å². The van der Waals surface area contributed by atoms with E-state index in [-0.39, 0.29) is 22.9 Å². The van der Waals surface area contributed by atoms with E-state index in [1.54, 1.807) is 19.9 Å². The number of amides is 3. The van der Waals surface area contributed by atoms with E-state index in [4.69, 9.17) is 0 Å². The number of rotatable bonds is 9. The third kappa shape index (κ3) is 4.67. The van der Waals surface area contributed by atoms with Gasteiger partial charge >= 0.3 is 0 Å². The van der Waals surface area contributed by atoms with Crippen molar-refractivity contribution in [3.05, 3.63) is 65.7 Å². The van der Waals surface area contributed by atoms with Crippen molar-refractivity contribution in [2.24, 2.45) is 0 Å². The van der Waals surface area contributed by atoms with Gasteiger partial charge in [-0.2, -0.15) is 0 Å². The molecule has 32 heavy (non-hydrogen) atoms. The predicted octanol–water partition coefficient (Wildman–Crippen LogP) is 1.82. The first kappa shape index (κ1) is 23.5. The highest BCUT2D eigenvalue weighted by Gasteiger charge is 2.43. The topological polar surface area (TPSA) is 104 Å². The molecular weight excluding hydrogens is 430 g/mol. The monoisotopic (exact) mass is 457 g/mol. The molecule has 0 aliphatic carbocycles. The van der Waals surface area contributed by atoms with Crippen molar-refractivity contribution in [3.63, 3.8) is 0 Å². The minimum Gasteiger partial charge on any atom is -0.355 e. The Morgan fingerprint density at radius 2 is 1.69 bits per heavy atom. The SMILES string of the molecule is CCNC(=O)[C@@H](CC)N(CCc1ccccc1)C(=O)CN1C(=O)c2ccccc2S1(=O)=O. The number of fused-ring (bicyclic) bond motifs is 1. The first-order valence-electron chi connectivity index (χ1n) is 10.6. The number of benzene rings is 2. The number of carbonyl (C=O) groups excluding carboxylic acids is 3. The van der Waals surface area contributed by atoms with E-state index in [1.807, 2.05) is 30.3 Å². The maximum Gasteiger partial charge on any atom is 0.269 e. The molecule has 1 atom stereocenters. The summed E-state index contributed by atoms with van der Waals surface area (Å²) in [5, 5.41) is 2.73. The average molecular weight is 458 g/mol. The lowest BCUT2D eigenvalue weighted by atomic mass is 10.1. The quantitative estimate of drug-likeness (QED) is 0.619. The Bertz CT molecular complexity index is 1100. The normalized spacial score (nSPS) is 15.2. The van der Waals surface area contributed by atoms with Gasteiger partial charge < -0.3 is 10.2 Å². The zero-order chi connectivity index (χ0) is 23.3. The van der Waals surface area contributed by atoms with Gasteiger partial charge in [-0.1, -0.05) is 49.4 Å². The van der Waals surface area contributed by atoms with Crippen molar-refractivity contribution < 1.29 is 22.8 Å². The van der Waals surface area contributed by atoms with Gasteiger partial charge in [0.05, 0.1) is 5.56 Å². The van der Waals surface area contributed by atoms with Crippen LogP contribution in [0.5, 0.6) is 0 Å². The number of nitrogens with zero attached hydrogens (tertiary/aromatic N) is 2. The summed E-state index contributed by atoms with van der Waals surface area (Å²) in [6.45, 7) is 3.54. The van der Waals surface area contributed by atoms with Crippen LogP contribution in [0.15, 0.2) is 59.5 Å². The Morgan fingerprint density at radius 1 is 1.03 bits per heavy atom. The molecule has 0 unspecified atom stereocenters. The van der Waals surface area contributed by atoms with Gasteiger partial charge in [0.2, 0.25) is 11.8 Å². The molecule has 2 aromatic carbocycles. The van der Waals surface area contributed by atoms with Gasteiger partial charge in [-0.3, -0.25) is 14.4 Å². The third-order valence-electron chi connectivity index (χ3n) is 5.41. The van der Waals surface area contributed by atoms with Crippen LogP contribution in [-0.4, -0.2) is 61.0 Å². The van der Waals surface area contributed by atoms with E-state index in [1.165, 1.54) is 23.1 Å². The summed E-state index contributed by atoms with van der Waals surface area (Å²) in [5.41, 5.74) is 1.03. The summed E-state index contributed by atoms with van der Waals surface area (Å²) < 4.78 is 26.3. The number of carbonyl (C=O) groups is 3. The fourth-order valence-electron chi connectivity index (χ4n) is 3.79. The van der Waals surface area contributed by atoms with Crippen LogP contribution < -0.4 is 5.32 Å². The average Bonchev–Trinajstić information content (AvgIpc) is 2.98. The van der Waals surface area contributed by atoms with Crippen LogP contribution in [0.4, 0.5) is 0 Å². The summed E-state index contributed by atoms with van der Waals surface area (Å²) in [4.78, 5) is 39.9. The van der Waals surface area contributed by atoms with Gasteiger partial charge in [-0.05, 0) is 37.5 Å². The van der Waals surface area contributed by atoms with Crippen molar-refractivity contribution in [1.82, 2.24) is 14.5 Å². The van der Waals surface area contributed by atoms with E-state index in [2.05, 4.69) is 5.32 Å². The lowest BCUT2D eigenvalue weighted by molar-refractivity contribution is -0.140. The van der Waals surface area contributed by atoms with E-state index in [0.29, 0.717) is 23.7 Å². The maximum atomic E-state index is 13.3. The molecule has 1 aliphatic rings. The molecule has 0 spiro atoms. The summed E-state index contributed by atoms with van der Waals surface area (Å²) >= 11 is 0. The highest BCUT2D eigenvalue weighted by molar-refractivity contribution is 7.90. The molecule has 0 fully saturated rings. The zero-order valence-electron chi connectivity index (χ0n) is 18.2. The minimum atomic E-state index is -4.12. The number of hydrogen-bond donors (Lipinski definition) is 1. The maximum absolute atomic E-state index is 13.3. The minimum absolute atomic E-state index is 0.0481. The highest BCUT2D eigenvalue weighted by Crippen LogP contribution is 2.29. The van der Waals surface area contributed by atoms with Crippen LogP contribution in [-0.2, 0) is 26.0 Å². The van der Waals surface area contributed by atoms with E-state index >= 15 is 0 Å². The van der Waals surface area contributed by atoms with Crippen LogP contribution in [0, 0.1) is 0 Å².